The Morgan fingerprint density at radius 2 is 1.75 bits per heavy atom. The number of hydrogen-bond donors (Lipinski definition) is 1. The lowest BCUT2D eigenvalue weighted by molar-refractivity contribution is 0.119. The summed E-state index contributed by atoms with van der Waals surface area (Å²) in [5.74, 6) is 0.961. The van der Waals surface area contributed by atoms with Gasteiger partial charge in [0.25, 0.3) is 0 Å². The van der Waals surface area contributed by atoms with Crippen LogP contribution in [0.25, 0.3) is 0 Å². The summed E-state index contributed by atoms with van der Waals surface area (Å²) >= 11 is 0. The average molecular weight is 278 g/mol. The third-order valence-corrected chi connectivity index (χ3v) is 7.31. The summed E-state index contributed by atoms with van der Waals surface area (Å²) in [4.78, 5) is 2.68. The van der Waals surface area contributed by atoms with Crippen LogP contribution >= 0.6 is 0 Å². The van der Waals surface area contributed by atoms with Gasteiger partial charge < -0.3 is 10.2 Å². The van der Waals surface area contributed by atoms with Gasteiger partial charge in [0.05, 0.1) is 0 Å². The van der Waals surface area contributed by atoms with Crippen molar-refractivity contribution in [2.24, 2.45) is 16.7 Å². The molecule has 3 fully saturated rings. The highest BCUT2D eigenvalue weighted by molar-refractivity contribution is 5.12. The molecule has 1 heterocycles. The Kier molecular flexibility index (Phi) is 4.16. The van der Waals surface area contributed by atoms with Crippen LogP contribution in [0.3, 0.4) is 0 Å². The number of rotatable bonds is 4. The van der Waals surface area contributed by atoms with Crippen LogP contribution in [0.2, 0.25) is 0 Å². The van der Waals surface area contributed by atoms with E-state index in [4.69, 9.17) is 0 Å². The molecule has 2 bridgehead atoms. The molecule has 0 aromatic heterocycles. The fourth-order valence-electron chi connectivity index (χ4n) is 5.27. The van der Waals surface area contributed by atoms with Gasteiger partial charge >= 0.3 is 0 Å². The van der Waals surface area contributed by atoms with E-state index >= 15 is 0 Å². The molecule has 2 heteroatoms. The van der Waals surface area contributed by atoms with Crippen LogP contribution in [-0.2, 0) is 0 Å². The minimum absolute atomic E-state index is 0.538. The van der Waals surface area contributed by atoms with Crippen molar-refractivity contribution < 1.29 is 0 Å². The SMILES string of the molecule is CC1(C)C2CCC1(C)C(NCCN1CCCCCC1)C2. The van der Waals surface area contributed by atoms with Crippen LogP contribution in [0.4, 0.5) is 0 Å². The lowest BCUT2D eigenvalue weighted by Crippen LogP contribution is -2.46. The zero-order valence-corrected chi connectivity index (χ0v) is 13.9. The van der Waals surface area contributed by atoms with Crippen molar-refractivity contribution in [1.29, 1.82) is 0 Å². The molecule has 3 rings (SSSR count). The van der Waals surface area contributed by atoms with Crippen molar-refractivity contribution in [1.82, 2.24) is 10.2 Å². The highest BCUT2D eigenvalue weighted by Crippen LogP contribution is 2.65. The highest BCUT2D eigenvalue weighted by Gasteiger charge is 2.60. The Morgan fingerprint density at radius 1 is 1.05 bits per heavy atom. The number of nitrogens with zero attached hydrogens (tertiary/aromatic N) is 1. The molecule has 0 radical (unpaired) electrons. The van der Waals surface area contributed by atoms with E-state index in [1.54, 1.807) is 0 Å². The van der Waals surface area contributed by atoms with Gasteiger partial charge in [-0.1, -0.05) is 33.6 Å². The molecule has 1 saturated heterocycles. The van der Waals surface area contributed by atoms with E-state index in [9.17, 15) is 0 Å². The maximum atomic E-state index is 3.94. The molecule has 0 aromatic rings. The van der Waals surface area contributed by atoms with Crippen LogP contribution in [0.15, 0.2) is 0 Å². The van der Waals surface area contributed by atoms with Crippen molar-refractivity contribution in [3.63, 3.8) is 0 Å². The maximum Gasteiger partial charge on any atom is 0.0129 e. The van der Waals surface area contributed by atoms with Crippen molar-refractivity contribution in [3.05, 3.63) is 0 Å². The summed E-state index contributed by atoms with van der Waals surface area (Å²) in [6.07, 6.45) is 10.0. The fourth-order valence-corrected chi connectivity index (χ4v) is 5.27. The molecule has 3 aliphatic rings. The zero-order chi connectivity index (χ0) is 14.2. The van der Waals surface area contributed by atoms with E-state index in [-0.39, 0.29) is 0 Å². The molecule has 2 aliphatic carbocycles. The first-order valence-corrected chi connectivity index (χ1v) is 9.00. The molecule has 3 unspecified atom stereocenters. The second-order valence-corrected chi connectivity index (χ2v) is 8.37. The van der Waals surface area contributed by atoms with Crippen molar-refractivity contribution >= 4 is 0 Å². The van der Waals surface area contributed by atoms with Gasteiger partial charge in [-0.25, -0.2) is 0 Å². The first-order chi connectivity index (χ1) is 9.54. The molecule has 3 atom stereocenters. The maximum absolute atomic E-state index is 3.94. The fraction of sp³-hybridized carbons (Fsp3) is 1.00. The highest BCUT2D eigenvalue weighted by atomic mass is 15.1. The van der Waals surface area contributed by atoms with E-state index in [1.165, 1.54) is 71.1 Å². The molecule has 116 valence electrons. The summed E-state index contributed by atoms with van der Waals surface area (Å²) < 4.78 is 0. The number of nitrogens with one attached hydrogen (secondary N) is 1. The predicted molar refractivity (Wildman–Crippen MR) is 85.9 cm³/mol. The number of hydrogen-bond acceptors (Lipinski definition) is 2. The van der Waals surface area contributed by atoms with Gasteiger partial charge in [-0.15, -0.1) is 0 Å². The molecule has 0 aromatic carbocycles. The largest absolute Gasteiger partial charge is 0.312 e. The lowest BCUT2D eigenvalue weighted by atomic mass is 9.69. The van der Waals surface area contributed by atoms with Crippen molar-refractivity contribution in [2.75, 3.05) is 26.2 Å². The van der Waals surface area contributed by atoms with Crippen molar-refractivity contribution in [2.45, 2.75) is 71.8 Å². The Labute approximate surface area is 125 Å². The van der Waals surface area contributed by atoms with Crippen LogP contribution in [0.1, 0.15) is 65.7 Å². The molecular weight excluding hydrogens is 244 g/mol. The topological polar surface area (TPSA) is 15.3 Å². The quantitative estimate of drug-likeness (QED) is 0.844. The number of likely N-dealkylation sites (tertiary alicyclic amines) is 1. The molecular formula is C18H34N2. The summed E-state index contributed by atoms with van der Waals surface area (Å²) in [5.41, 5.74) is 1.09. The summed E-state index contributed by atoms with van der Waals surface area (Å²) in [5, 5.41) is 3.94. The van der Waals surface area contributed by atoms with Crippen molar-refractivity contribution in [3.8, 4) is 0 Å². The summed E-state index contributed by atoms with van der Waals surface area (Å²) in [6.45, 7) is 12.7. The van der Waals surface area contributed by atoms with Crippen LogP contribution in [0.5, 0.6) is 0 Å². The van der Waals surface area contributed by atoms with Gasteiger partial charge in [0, 0.05) is 19.1 Å². The van der Waals surface area contributed by atoms with Gasteiger partial charge in [0.15, 0.2) is 0 Å². The zero-order valence-electron chi connectivity index (χ0n) is 13.9. The third kappa shape index (κ3) is 2.43. The standard InChI is InChI=1S/C18H34N2/c1-17(2)15-8-9-18(17,3)16(14-15)19-10-13-20-11-6-4-5-7-12-20/h15-16,19H,4-14H2,1-3H3. The molecule has 1 N–H and O–H groups in total. The van der Waals surface area contributed by atoms with E-state index in [1.807, 2.05) is 0 Å². The van der Waals surface area contributed by atoms with E-state index in [0.29, 0.717) is 10.8 Å². The molecule has 1 aliphatic heterocycles. The lowest BCUT2D eigenvalue weighted by Gasteiger charge is -2.40. The Morgan fingerprint density at radius 3 is 2.30 bits per heavy atom. The average Bonchev–Trinajstić information content (AvgIpc) is 2.68. The van der Waals surface area contributed by atoms with E-state index < -0.39 is 0 Å². The van der Waals surface area contributed by atoms with Crippen LogP contribution < -0.4 is 5.32 Å². The molecule has 2 nitrogen and oxygen atoms in total. The molecule has 0 spiro atoms. The monoisotopic (exact) mass is 278 g/mol. The third-order valence-electron chi connectivity index (χ3n) is 7.31. The first-order valence-electron chi connectivity index (χ1n) is 9.00. The van der Waals surface area contributed by atoms with E-state index in [2.05, 4.69) is 31.0 Å². The number of fused-ring (bicyclic) bond motifs is 2. The second kappa shape index (κ2) is 5.61. The molecule has 20 heavy (non-hydrogen) atoms. The minimum Gasteiger partial charge on any atom is -0.312 e. The second-order valence-electron chi connectivity index (χ2n) is 8.37. The molecule has 2 saturated carbocycles. The Balaban J connectivity index is 1.48. The van der Waals surface area contributed by atoms with E-state index in [0.717, 1.165) is 12.0 Å². The van der Waals surface area contributed by atoms with Gasteiger partial charge in [-0.2, -0.15) is 0 Å². The van der Waals surface area contributed by atoms with Crippen LogP contribution in [-0.4, -0.2) is 37.1 Å². The van der Waals surface area contributed by atoms with Gasteiger partial charge in [-0.05, 0) is 61.9 Å². The van der Waals surface area contributed by atoms with Gasteiger partial charge in [0.2, 0.25) is 0 Å². The predicted octanol–water partition coefficient (Wildman–Crippen LogP) is 3.67. The summed E-state index contributed by atoms with van der Waals surface area (Å²) in [6, 6.07) is 0.767. The summed E-state index contributed by atoms with van der Waals surface area (Å²) in [7, 11) is 0. The van der Waals surface area contributed by atoms with Crippen LogP contribution in [0, 0.1) is 16.7 Å². The first kappa shape index (κ1) is 14.8. The minimum atomic E-state index is 0.538. The normalized spacial score (nSPS) is 41.0. The molecule has 0 amide bonds. The smallest absolute Gasteiger partial charge is 0.0129 e. The van der Waals surface area contributed by atoms with Gasteiger partial charge in [-0.3, -0.25) is 0 Å². The van der Waals surface area contributed by atoms with Gasteiger partial charge in [0.1, 0.15) is 0 Å². The Bertz CT molecular complexity index is 330. The Hall–Kier alpha value is -0.0800.